The normalized spacial score (nSPS) is 13.2. The van der Waals surface area contributed by atoms with Gasteiger partial charge in [0.15, 0.2) is 5.69 Å². The number of hydrogen-bond donors (Lipinski definition) is 4. The zero-order valence-corrected chi connectivity index (χ0v) is 12.7. The Morgan fingerprint density at radius 1 is 1.22 bits per heavy atom. The third-order valence-electron chi connectivity index (χ3n) is 3.72. The zero-order valence-electron chi connectivity index (χ0n) is 12.7. The number of rotatable bonds is 5. The van der Waals surface area contributed by atoms with Gasteiger partial charge in [-0.3, -0.25) is 14.7 Å². The van der Waals surface area contributed by atoms with E-state index in [-0.39, 0.29) is 24.8 Å². The number of aromatic nitrogens is 2. The number of carbonyl (C=O) groups is 2. The second-order valence-corrected chi connectivity index (χ2v) is 5.38. The topological polar surface area (TPSA) is 98.9 Å². The zero-order chi connectivity index (χ0) is 16.1. The van der Waals surface area contributed by atoms with Gasteiger partial charge >= 0.3 is 0 Å². The van der Waals surface area contributed by atoms with Gasteiger partial charge in [0.25, 0.3) is 5.91 Å². The molecule has 1 aromatic heterocycles. The number of benzene rings is 1. The quantitative estimate of drug-likeness (QED) is 0.656. The number of fused-ring (bicyclic) bond motifs is 1. The summed E-state index contributed by atoms with van der Waals surface area (Å²) < 4.78 is 0. The summed E-state index contributed by atoms with van der Waals surface area (Å²) in [5.74, 6) is -0.388. The van der Waals surface area contributed by atoms with Crippen molar-refractivity contribution in [2.24, 2.45) is 0 Å². The minimum Gasteiger partial charge on any atom is -0.350 e. The number of anilines is 1. The molecule has 0 aliphatic carbocycles. The molecule has 0 radical (unpaired) electrons. The smallest absolute Gasteiger partial charge is 0.272 e. The number of aromatic amines is 1. The van der Waals surface area contributed by atoms with Crippen molar-refractivity contribution in [3.05, 3.63) is 47.3 Å². The summed E-state index contributed by atoms with van der Waals surface area (Å²) in [7, 11) is 0. The molecule has 0 saturated heterocycles. The van der Waals surface area contributed by atoms with Crippen molar-refractivity contribution in [2.45, 2.75) is 19.4 Å². The second kappa shape index (κ2) is 7.06. The molecule has 23 heavy (non-hydrogen) atoms. The van der Waals surface area contributed by atoms with Crippen LogP contribution in [-0.2, 0) is 17.8 Å². The van der Waals surface area contributed by atoms with Crippen LogP contribution >= 0.6 is 0 Å². The molecule has 3 rings (SSSR count). The summed E-state index contributed by atoms with van der Waals surface area (Å²) in [4.78, 5) is 24.0. The first-order chi connectivity index (χ1) is 11.2. The first kappa shape index (κ1) is 15.2. The molecule has 1 aliphatic rings. The molecule has 0 atom stereocenters. The third-order valence-corrected chi connectivity index (χ3v) is 3.72. The van der Waals surface area contributed by atoms with Crippen LogP contribution in [-0.4, -0.2) is 35.1 Å². The molecule has 0 spiro atoms. The molecular weight excluding hydrogens is 294 g/mol. The SMILES string of the molecule is O=C(CCNC(=O)c1n[nH]c2c1CNCC2)Nc1ccccc1. The van der Waals surface area contributed by atoms with Crippen LogP contribution in [0.5, 0.6) is 0 Å². The molecule has 0 saturated carbocycles. The van der Waals surface area contributed by atoms with E-state index in [1.807, 2.05) is 30.3 Å². The van der Waals surface area contributed by atoms with Crippen molar-refractivity contribution in [1.29, 1.82) is 0 Å². The monoisotopic (exact) mass is 313 g/mol. The van der Waals surface area contributed by atoms with Crippen molar-refractivity contribution in [1.82, 2.24) is 20.8 Å². The number of hydrogen-bond acceptors (Lipinski definition) is 4. The Morgan fingerprint density at radius 2 is 2.04 bits per heavy atom. The Morgan fingerprint density at radius 3 is 2.87 bits per heavy atom. The average Bonchev–Trinajstić information content (AvgIpc) is 3.00. The van der Waals surface area contributed by atoms with Gasteiger partial charge in [0.2, 0.25) is 5.91 Å². The molecule has 1 aliphatic heterocycles. The fraction of sp³-hybridized carbons (Fsp3) is 0.312. The molecular formula is C16H19N5O2. The van der Waals surface area contributed by atoms with Crippen molar-refractivity contribution in [2.75, 3.05) is 18.4 Å². The van der Waals surface area contributed by atoms with Gasteiger partial charge in [-0.15, -0.1) is 0 Å². The van der Waals surface area contributed by atoms with Gasteiger partial charge in [0.1, 0.15) is 0 Å². The number of para-hydroxylation sites is 1. The molecule has 4 N–H and O–H groups in total. The summed E-state index contributed by atoms with van der Waals surface area (Å²) >= 11 is 0. The van der Waals surface area contributed by atoms with Crippen molar-refractivity contribution >= 4 is 17.5 Å². The van der Waals surface area contributed by atoms with Crippen molar-refractivity contribution in [3.8, 4) is 0 Å². The molecule has 2 heterocycles. The Labute approximate surface area is 133 Å². The highest BCUT2D eigenvalue weighted by Gasteiger charge is 2.21. The van der Waals surface area contributed by atoms with E-state index in [0.717, 1.165) is 29.9 Å². The molecule has 0 unspecified atom stereocenters. The Balaban J connectivity index is 1.48. The molecule has 0 fully saturated rings. The van der Waals surface area contributed by atoms with Crippen LogP contribution in [0.1, 0.15) is 28.2 Å². The first-order valence-electron chi connectivity index (χ1n) is 7.64. The Bertz CT molecular complexity index is 696. The number of nitrogens with zero attached hydrogens (tertiary/aromatic N) is 1. The molecule has 2 amide bonds. The van der Waals surface area contributed by atoms with Crippen LogP contribution in [0.3, 0.4) is 0 Å². The molecule has 1 aromatic carbocycles. The minimum atomic E-state index is -0.251. The van der Waals surface area contributed by atoms with Crippen molar-refractivity contribution in [3.63, 3.8) is 0 Å². The largest absolute Gasteiger partial charge is 0.350 e. The van der Waals surface area contributed by atoms with Crippen molar-refractivity contribution < 1.29 is 9.59 Å². The molecule has 7 heteroatoms. The Kier molecular flexibility index (Phi) is 4.68. The van der Waals surface area contributed by atoms with Crippen LogP contribution in [0.2, 0.25) is 0 Å². The predicted molar refractivity (Wildman–Crippen MR) is 86.0 cm³/mol. The lowest BCUT2D eigenvalue weighted by molar-refractivity contribution is -0.116. The van der Waals surface area contributed by atoms with Gasteiger partial charge in [-0.25, -0.2) is 0 Å². The highest BCUT2D eigenvalue weighted by molar-refractivity contribution is 5.95. The van der Waals surface area contributed by atoms with Crippen LogP contribution in [0.4, 0.5) is 5.69 Å². The number of amides is 2. The number of H-pyrrole nitrogens is 1. The predicted octanol–water partition coefficient (Wildman–Crippen LogP) is 0.814. The van der Waals surface area contributed by atoms with E-state index in [1.165, 1.54) is 0 Å². The second-order valence-electron chi connectivity index (χ2n) is 5.38. The fourth-order valence-corrected chi connectivity index (χ4v) is 2.53. The maximum absolute atomic E-state index is 12.2. The number of carbonyl (C=O) groups excluding carboxylic acids is 2. The number of nitrogens with one attached hydrogen (secondary N) is 4. The van der Waals surface area contributed by atoms with Gasteiger partial charge in [-0.05, 0) is 12.1 Å². The van der Waals surface area contributed by atoms with Crippen LogP contribution in [0.15, 0.2) is 30.3 Å². The lowest BCUT2D eigenvalue weighted by atomic mass is 10.1. The lowest BCUT2D eigenvalue weighted by Crippen LogP contribution is -2.30. The van der Waals surface area contributed by atoms with E-state index in [2.05, 4.69) is 26.1 Å². The van der Waals surface area contributed by atoms with Crippen LogP contribution < -0.4 is 16.0 Å². The maximum atomic E-state index is 12.2. The van der Waals surface area contributed by atoms with E-state index < -0.39 is 0 Å². The summed E-state index contributed by atoms with van der Waals surface area (Å²) in [6.45, 7) is 1.80. The van der Waals surface area contributed by atoms with E-state index in [1.54, 1.807) is 0 Å². The van der Waals surface area contributed by atoms with E-state index >= 15 is 0 Å². The van der Waals surface area contributed by atoms with Crippen LogP contribution in [0.25, 0.3) is 0 Å². The third kappa shape index (κ3) is 3.75. The molecule has 120 valence electrons. The van der Waals surface area contributed by atoms with E-state index in [9.17, 15) is 9.59 Å². The molecule has 0 bridgehead atoms. The van der Waals surface area contributed by atoms with Gasteiger partial charge in [-0.2, -0.15) is 5.10 Å². The van der Waals surface area contributed by atoms with Crippen LogP contribution in [0, 0.1) is 0 Å². The highest BCUT2D eigenvalue weighted by atomic mass is 16.2. The average molecular weight is 313 g/mol. The first-order valence-corrected chi connectivity index (χ1v) is 7.64. The Hall–Kier alpha value is -2.67. The maximum Gasteiger partial charge on any atom is 0.272 e. The lowest BCUT2D eigenvalue weighted by Gasteiger charge is -2.12. The minimum absolute atomic E-state index is 0.137. The van der Waals surface area contributed by atoms with Gasteiger partial charge < -0.3 is 16.0 Å². The summed E-state index contributed by atoms with van der Waals surface area (Å²) in [6, 6.07) is 9.23. The highest BCUT2D eigenvalue weighted by Crippen LogP contribution is 2.15. The van der Waals surface area contributed by atoms with Gasteiger partial charge in [0.05, 0.1) is 0 Å². The summed E-state index contributed by atoms with van der Waals surface area (Å²) in [5, 5.41) is 15.7. The molecule has 7 nitrogen and oxygen atoms in total. The van der Waals surface area contributed by atoms with E-state index in [0.29, 0.717) is 12.2 Å². The van der Waals surface area contributed by atoms with E-state index in [4.69, 9.17) is 0 Å². The summed E-state index contributed by atoms with van der Waals surface area (Å²) in [5.41, 5.74) is 3.09. The van der Waals surface area contributed by atoms with Gasteiger partial charge in [0, 0.05) is 49.4 Å². The standard InChI is InChI=1S/C16H19N5O2/c22-14(19-11-4-2-1-3-5-11)7-9-18-16(23)15-12-10-17-8-6-13(12)20-21-15/h1-5,17H,6-10H2,(H,18,23)(H,19,22)(H,20,21). The summed E-state index contributed by atoms with van der Waals surface area (Å²) in [6.07, 6.45) is 1.06. The molecule has 2 aromatic rings. The van der Waals surface area contributed by atoms with Gasteiger partial charge in [-0.1, -0.05) is 18.2 Å². The fourth-order valence-electron chi connectivity index (χ4n) is 2.53.